The van der Waals surface area contributed by atoms with Crippen LogP contribution in [0.2, 0.25) is 0 Å². The molecule has 0 spiro atoms. The lowest BCUT2D eigenvalue weighted by atomic mass is 10.3. The molecule has 0 aliphatic carbocycles. The summed E-state index contributed by atoms with van der Waals surface area (Å²) in [5.74, 6) is -0.610. The zero-order valence-corrected chi connectivity index (χ0v) is 11.2. The van der Waals surface area contributed by atoms with Crippen molar-refractivity contribution in [2.24, 2.45) is 4.99 Å². The summed E-state index contributed by atoms with van der Waals surface area (Å²) in [5.41, 5.74) is -0.122. The van der Waals surface area contributed by atoms with E-state index in [9.17, 15) is 17.6 Å². The molecule has 0 unspecified atom stereocenters. The van der Waals surface area contributed by atoms with E-state index in [0.29, 0.717) is 0 Å². The van der Waals surface area contributed by atoms with Crippen molar-refractivity contribution in [3.8, 4) is 0 Å². The Bertz CT molecular complexity index is 421. The van der Waals surface area contributed by atoms with Crippen LogP contribution in [-0.4, -0.2) is 11.3 Å². The van der Waals surface area contributed by atoms with Gasteiger partial charge in [0.2, 0.25) is 5.17 Å². The summed E-state index contributed by atoms with van der Waals surface area (Å²) in [7, 11) is 0. The molecule has 1 aromatic rings. The van der Waals surface area contributed by atoms with Gasteiger partial charge in [-0.1, -0.05) is 11.6 Å². The van der Waals surface area contributed by atoms with Crippen molar-refractivity contribution in [2.75, 3.05) is 0 Å². The second-order valence-electron chi connectivity index (χ2n) is 2.62. The van der Waals surface area contributed by atoms with Crippen LogP contribution in [0.25, 0.3) is 0 Å². The lowest BCUT2D eigenvalue weighted by Crippen LogP contribution is -2.16. The fourth-order valence-electron chi connectivity index (χ4n) is 0.803. The third-order valence-electron chi connectivity index (χ3n) is 1.43. The van der Waals surface area contributed by atoms with E-state index in [1.54, 1.807) is 0 Å². The molecule has 1 aromatic carbocycles. The zero-order chi connectivity index (χ0) is 12.5. The number of hydrogen-bond donors (Lipinski definition) is 0. The van der Waals surface area contributed by atoms with E-state index >= 15 is 0 Å². The molecule has 0 amide bonds. The number of rotatable bonds is 1. The molecule has 0 radical (unpaired) electrons. The Morgan fingerprint density at radius 1 is 1.19 bits per heavy atom. The second kappa shape index (κ2) is 5.01. The SMILES string of the molecule is Fc1cc(Br)c(N=C(Cl)C(F)(F)F)c(Br)c1. The number of aliphatic imine (C=N–C) groups is 1. The number of benzene rings is 1. The van der Waals surface area contributed by atoms with Crippen molar-refractivity contribution in [1.29, 1.82) is 0 Å². The van der Waals surface area contributed by atoms with Crippen molar-refractivity contribution in [2.45, 2.75) is 6.18 Å². The van der Waals surface area contributed by atoms with Gasteiger partial charge in [0.05, 0.1) is 5.69 Å². The molecule has 0 aromatic heterocycles. The fourth-order valence-corrected chi connectivity index (χ4v) is 2.20. The van der Waals surface area contributed by atoms with Gasteiger partial charge in [0.1, 0.15) is 5.82 Å². The van der Waals surface area contributed by atoms with Crippen LogP contribution in [0.15, 0.2) is 26.1 Å². The number of halogens is 7. The Hall–Kier alpha value is -0.140. The molecule has 0 saturated heterocycles. The van der Waals surface area contributed by atoms with Crippen LogP contribution < -0.4 is 0 Å². The maximum Gasteiger partial charge on any atom is 0.444 e. The predicted octanol–water partition coefficient (Wildman–Crippen LogP) is 5.18. The largest absolute Gasteiger partial charge is 0.444 e. The Kier molecular flexibility index (Phi) is 4.36. The van der Waals surface area contributed by atoms with Gasteiger partial charge in [0.25, 0.3) is 0 Å². The lowest BCUT2D eigenvalue weighted by molar-refractivity contribution is -0.0558. The van der Waals surface area contributed by atoms with Crippen molar-refractivity contribution in [3.05, 3.63) is 26.9 Å². The first kappa shape index (κ1) is 13.9. The van der Waals surface area contributed by atoms with Crippen LogP contribution in [0.3, 0.4) is 0 Å². The van der Waals surface area contributed by atoms with Crippen LogP contribution in [0.4, 0.5) is 23.2 Å². The van der Waals surface area contributed by atoms with Gasteiger partial charge in [0, 0.05) is 8.95 Å². The fraction of sp³-hybridized carbons (Fsp3) is 0.125. The number of alkyl halides is 3. The summed E-state index contributed by atoms with van der Waals surface area (Å²) in [6.07, 6.45) is -4.73. The van der Waals surface area contributed by atoms with E-state index in [0.717, 1.165) is 12.1 Å². The number of hydrogen-bond acceptors (Lipinski definition) is 1. The maximum atomic E-state index is 12.8. The highest BCUT2D eigenvalue weighted by atomic mass is 79.9. The molecule has 0 aliphatic heterocycles. The quantitative estimate of drug-likeness (QED) is 0.468. The maximum absolute atomic E-state index is 12.8. The summed E-state index contributed by atoms with van der Waals surface area (Å²) in [6, 6.07) is 1.98. The molecule has 88 valence electrons. The van der Waals surface area contributed by atoms with Crippen molar-refractivity contribution < 1.29 is 17.6 Å². The summed E-state index contributed by atoms with van der Waals surface area (Å²) in [5, 5.41) is -1.53. The average molecular weight is 383 g/mol. The smallest absolute Gasteiger partial charge is 0.230 e. The molecule has 0 N–H and O–H groups in total. The van der Waals surface area contributed by atoms with Gasteiger partial charge in [-0.25, -0.2) is 9.38 Å². The van der Waals surface area contributed by atoms with Gasteiger partial charge in [-0.15, -0.1) is 0 Å². The van der Waals surface area contributed by atoms with E-state index in [1.807, 2.05) is 0 Å². The minimum atomic E-state index is -4.73. The number of nitrogens with zero attached hydrogens (tertiary/aromatic N) is 1. The summed E-state index contributed by atoms with van der Waals surface area (Å²) < 4.78 is 49.3. The first-order valence-corrected chi connectivity index (χ1v) is 5.64. The molecule has 0 aliphatic rings. The van der Waals surface area contributed by atoms with E-state index < -0.39 is 17.2 Å². The molecule has 8 heteroatoms. The van der Waals surface area contributed by atoms with Crippen LogP contribution in [0.5, 0.6) is 0 Å². The molecular weight excluding hydrogens is 381 g/mol. The molecule has 0 atom stereocenters. The van der Waals surface area contributed by atoms with Crippen LogP contribution in [0.1, 0.15) is 0 Å². The Labute approximate surface area is 110 Å². The Morgan fingerprint density at radius 2 is 1.62 bits per heavy atom. The highest BCUT2D eigenvalue weighted by molar-refractivity contribution is 9.11. The van der Waals surface area contributed by atoms with Gasteiger partial charge in [-0.2, -0.15) is 13.2 Å². The molecule has 1 nitrogen and oxygen atoms in total. The van der Waals surface area contributed by atoms with Crippen LogP contribution in [0, 0.1) is 5.82 Å². The third-order valence-corrected chi connectivity index (χ3v) is 2.93. The molecule has 0 saturated carbocycles. The molecule has 16 heavy (non-hydrogen) atoms. The second-order valence-corrected chi connectivity index (χ2v) is 4.69. The van der Waals surface area contributed by atoms with Crippen LogP contribution in [-0.2, 0) is 0 Å². The highest BCUT2D eigenvalue weighted by Crippen LogP contribution is 2.36. The van der Waals surface area contributed by atoms with Gasteiger partial charge in [-0.05, 0) is 44.0 Å². The first-order chi connectivity index (χ1) is 7.21. The van der Waals surface area contributed by atoms with E-state index in [1.165, 1.54) is 0 Å². The normalized spacial score (nSPS) is 13.1. The average Bonchev–Trinajstić information content (AvgIpc) is 2.08. The monoisotopic (exact) mass is 381 g/mol. The van der Waals surface area contributed by atoms with Crippen LogP contribution >= 0.6 is 43.5 Å². The van der Waals surface area contributed by atoms with Gasteiger partial charge < -0.3 is 0 Å². The summed E-state index contributed by atoms with van der Waals surface area (Å²) >= 11 is 10.7. The third kappa shape index (κ3) is 3.43. The lowest BCUT2D eigenvalue weighted by Gasteiger charge is -2.06. The Balaban J connectivity index is 3.26. The first-order valence-electron chi connectivity index (χ1n) is 3.67. The predicted molar refractivity (Wildman–Crippen MR) is 60.8 cm³/mol. The highest BCUT2D eigenvalue weighted by Gasteiger charge is 2.34. The van der Waals surface area contributed by atoms with Crippen molar-refractivity contribution in [1.82, 2.24) is 0 Å². The minimum absolute atomic E-state index is 0.0711. The standard InChI is InChI=1S/C8H2Br2ClF4N/c9-4-1-3(12)2-5(10)6(4)16-7(11)8(13,14)15/h1-2H. The molecule has 0 bridgehead atoms. The van der Waals surface area contributed by atoms with E-state index in [2.05, 4.69) is 36.9 Å². The molecule has 1 rings (SSSR count). The van der Waals surface area contributed by atoms with Gasteiger partial charge >= 0.3 is 6.18 Å². The van der Waals surface area contributed by atoms with Crippen molar-refractivity contribution in [3.63, 3.8) is 0 Å². The van der Waals surface area contributed by atoms with Gasteiger partial charge in [0.15, 0.2) is 0 Å². The van der Waals surface area contributed by atoms with E-state index in [4.69, 9.17) is 11.6 Å². The summed E-state index contributed by atoms with van der Waals surface area (Å²) in [6.45, 7) is 0. The zero-order valence-electron chi connectivity index (χ0n) is 7.25. The molecular formula is C8H2Br2ClF4N. The minimum Gasteiger partial charge on any atom is -0.230 e. The summed E-state index contributed by atoms with van der Waals surface area (Å²) in [4.78, 5) is 3.17. The molecule has 0 heterocycles. The Morgan fingerprint density at radius 3 is 2.00 bits per heavy atom. The topological polar surface area (TPSA) is 12.4 Å². The molecule has 0 fully saturated rings. The van der Waals surface area contributed by atoms with Gasteiger partial charge in [-0.3, -0.25) is 0 Å². The van der Waals surface area contributed by atoms with E-state index in [-0.39, 0.29) is 14.6 Å². The van der Waals surface area contributed by atoms with Crippen molar-refractivity contribution >= 4 is 54.3 Å².